The maximum Gasteiger partial charge on any atom is 0.552 e. The van der Waals surface area contributed by atoms with Crippen LogP contribution in [-0.4, -0.2) is 79.1 Å². The minimum Gasteiger partial charge on any atom is -0.507 e. The Labute approximate surface area is 221 Å². The molecule has 2 heterocycles. The molecule has 1 aromatic heterocycles. The van der Waals surface area contributed by atoms with Gasteiger partial charge in [0.1, 0.15) is 17.8 Å². The zero-order chi connectivity index (χ0) is 27.7. The predicted octanol–water partition coefficient (Wildman–Crippen LogP) is 0.0790. The first-order valence-corrected chi connectivity index (χ1v) is 12.3. The normalized spacial score (nSPS) is 18.8. The summed E-state index contributed by atoms with van der Waals surface area (Å²) in [5.41, 5.74) is 0.871. The summed E-state index contributed by atoms with van der Waals surface area (Å²) in [5, 5.41) is 8.28. The molecule has 38 heavy (non-hydrogen) atoms. The van der Waals surface area contributed by atoms with E-state index < -0.39 is 55.0 Å². The first kappa shape index (κ1) is 28.7. The molecule has 3 rings (SSSR count). The van der Waals surface area contributed by atoms with E-state index in [0.717, 1.165) is 5.56 Å². The lowest BCUT2D eigenvalue weighted by molar-refractivity contribution is -0.163. The van der Waals surface area contributed by atoms with Crippen LogP contribution in [0.5, 0.6) is 0 Å². The van der Waals surface area contributed by atoms with E-state index in [9.17, 15) is 19.2 Å². The number of amides is 2. The van der Waals surface area contributed by atoms with E-state index in [1.54, 1.807) is 0 Å². The smallest absolute Gasteiger partial charge is 0.507 e. The Balaban J connectivity index is 1.83. The zero-order valence-electron chi connectivity index (χ0n) is 21.7. The highest BCUT2D eigenvalue weighted by Crippen LogP contribution is 2.20. The fourth-order valence-corrected chi connectivity index (χ4v) is 4.05. The monoisotopic (exact) mass is 525 g/mol. The molecule has 13 heteroatoms. The lowest BCUT2D eigenvalue weighted by Crippen LogP contribution is -2.64. The molecule has 12 nitrogen and oxygen atoms in total. The molecule has 1 aliphatic heterocycles. The van der Waals surface area contributed by atoms with Gasteiger partial charge in [0.15, 0.2) is 6.10 Å². The molecule has 0 saturated carbocycles. The molecule has 1 aliphatic rings. The molecule has 0 radical (unpaired) electrons. The molecule has 3 N–H and O–H groups in total. The van der Waals surface area contributed by atoms with E-state index in [1.807, 2.05) is 44.2 Å². The average Bonchev–Trinajstić information content (AvgIpc) is 2.92. The number of carbonyl (C=O) groups excluding carboxylic acids is 4. The number of benzene rings is 1. The van der Waals surface area contributed by atoms with Crippen molar-refractivity contribution in [3.05, 3.63) is 60.2 Å². The highest BCUT2D eigenvalue weighted by molar-refractivity contribution is 6.50. The van der Waals surface area contributed by atoms with Crippen LogP contribution in [0.2, 0.25) is 0 Å². The summed E-state index contributed by atoms with van der Waals surface area (Å²) in [6.07, 6.45) is 3.40. The van der Waals surface area contributed by atoms with Crippen LogP contribution in [0.4, 0.5) is 0 Å². The van der Waals surface area contributed by atoms with Crippen molar-refractivity contribution in [1.82, 2.24) is 25.9 Å². The fourth-order valence-electron chi connectivity index (χ4n) is 4.05. The van der Waals surface area contributed by atoms with Gasteiger partial charge in [0.05, 0.1) is 19.2 Å². The number of hydrogen-bond acceptors (Lipinski definition) is 10. The maximum absolute atomic E-state index is 13.6. The van der Waals surface area contributed by atoms with Crippen molar-refractivity contribution in [3.63, 3.8) is 0 Å². The molecule has 2 aromatic rings. The van der Waals surface area contributed by atoms with Gasteiger partial charge in [-0.25, -0.2) is 9.78 Å². The van der Waals surface area contributed by atoms with E-state index in [1.165, 1.54) is 32.7 Å². The third-order valence-electron chi connectivity index (χ3n) is 5.90. The number of carbonyl (C=O) groups is 4. The summed E-state index contributed by atoms with van der Waals surface area (Å²) < 4.78 is 16.1. The first-order chi connectivity index (χ1) is 18.2. The largest absolute Gasteiger partial charge is 0.552 e. The number of esters is 1. The van der Waals surface area contributed by atoms with E-state index in [2.05, 4.69) is 25.9 Å². The van der Waals surface area contributed by atoms with Crippen LogP contribution in [0, 0.1) is 5.92 Å². The van der Waals surface area contributed by atoms with Gasteiger partial charge in [-0.15, -0.1) is 0 Å². The van der Waals surface area contributed by atoms with Gasteiger partial charge < -0.3 is 30.0 Å². The van der Waals surface area contributed by atoms with Crippen LogP contribution in [-0.2, 0) is 34.9 Å². The summed E-state index contributed by atoms with van der Waals surface area (Å²) in [4.78, 5) is 59.3. The predicted molar refractivity (Wildman–Crippen MR) is 136 cm³/mol. The molecule has 0 aliphatic carbocycles. The molecule has 202 valence electrons. The molecule has 4 atom stereocenters. The van der Waals surface area contributed by atoms with E-state index >= 15 is 0 Å². The van der Waals surface area contributed by atoms with Crippen molar-refractivity contribution in [2.24, 2.45) is 5.92 Å². The highest BCUT2D eigenvalue weighted by Gasteiger charge is 2.50. The van der Waals surface area contributed by atoms with Gasteiger partial charge in [0, 0.05) is 18.8 Å². The number of methoxy groups -OCH3 is 1. The van der Waals surface area contributed by atoms with Crippen molar-refractivity contribution in [3.8, 4) is 0 Å². The van der Waals surface area contributed by atoms with Gasteiger partial charge in [-0.1, -0.05) is 44.2 Å². The van der Waals surface area contributed by atoms with Gasteiger partial charge in [0.2, 0.25) is 5.91 Å². The molecule has 0 bridgehead atoms. The third-order valence-corrected chi connectivity index (χ3v) is 5.90. The zero-order valence-corrected chi connectivity index (χ0v) is 21.7. The van der Waals surface area contributed by atoms with Crippen molar-refractivity contribution < 1.29 is 33.2 Å². The van der Waals surface area contributed by atoms with Gasteiger partial charge in [-0.05, 0) is 24.9 Å². The standard InChI is InChI=1S/C25H32BN5O7/c1-15(2)12-19(26-37-21(25(35)36-4)20(27-3)24(34)38-26)31-22(32)17(13-16-8-6-5-7-9-16)30-23(33)18-14-28-10-11-29-18/h5-11,14-15,17,19-21,27H,12-13H2,1-4H3,(H,30,33)(H,31,32)/t17-,19-,20+,21+/m0/s1. The molecular weight excluding hydrogens is 493 g/mol. The second-order valence-electron chi connectivity index (χ2n) is 9.20. The SMILES string of the molecule is CN[C@H]1C(=O)OB([C@H](CC(C)C)NC(=O)[C@H](Cc2ccccc2)NC(=O)c2cnccn2)O[C@H]1C(=O)OC. The molecule has 2 amide bonds. The number of ether oxygens (including phenoxy) is 1. The quantitative estimate of drug-likeness (QED) is 0.271. The summed E-state index contributed by atoms with van der Waals surface area (Å²) in [6.45, 7) is 3.85. The third kappa shape index (κ3) is 7.59. The van der Waals surface area contributed by atoms with E-state index in [4.69, 9.17) is 14.0 Å². The van der Waals surface area contributed by atoms with Crippen molar-refractivity contribution >= 4 is 30.9 Å². The first-order valence-electron chi connectivity index (χ1n) is 12.3. The minimum atomic E-state index is -1.26. The molecule has 1 aromatic carbocycles. The van der Waals surface area contributed by atoms with E-state index in [0.29, 0.717) is 6.42 Å². The van der Waals surface area contributed by atoms with Crippen LogP contribution in [0.25, 0.3) is 0 Å². The number of nitrogens with one attached hydrogen (secondary N) is 3. The Hall–Kier alpha value is -3.84. The second kappa shape index (κ2) is 13.6. The number of rotatable bonds is 11. The van der Waals surface area contributed by atoms with Gasteiger partial charge in [0.25, 0.3) is 5.91 Å². The van der Waals surface area contributed by atoms with Gasteiger partial charge >= 0.3 is 19.1 Å². The molecule has 0 unspecified atom stereocenters. The Morgan fingerprint density at radius 2 is 1.87 bits per heavy atom. The van der Waals surface area contributed by atoms with Crippen LogP contribution < -0.4 is 16.0 Å². The number of likely N-dealkylation sites (N-methyl/N-ethyl adjacent to an activating group) is 1. The summed E-state index contributed by atoms with van der Waals surface area (Å²) in [7, 11) is 1.43. The van der Waals surface area contributed by atoms with E-state index in [-0.39, 0.29) is 18.0 Å². The van der Waals surface area contributed by atoms with Gasteiger partial charge in [-0.2, -0.15) is 0 Å². The lowest BCUT2D eigenvalue weighted by Gasteiger charge is -2.36. The summed E-state index contributed by atoms with van der Waals surface area (Å²) in [5.74, 6) is -3.32. The molecule has 0 spiro atoms. The number of nitrogens with zero attached hydrogens (tertiary/aromatic N) is 2. The molecular formula is C25H32BN5O7. The topological polar surface area (TPSA) is 158 Å². The Morgan fingerprint density at radius 1 is 1.13 bits per heavy atom. The number of hydrogen-bond donors (Lipinski definition) is 3. The maximum atomic E-state index is 13.6. The molecule has 1 saturated heterocycles. The lowest BCUT2D eigenvalue weighted by atomic mass is 9.72. The number of aromatic nitrogens is 2. The Kier molecular flexibility index (Phi) is 10.3. The average molecular weight is 525 g/mol. The Morgan fingerprint density at radius 3 is 2.47 bits per heavy atom. The van der Waals surface area contributed by atoms with Crippen LogP contribution in [0.3, 0.4) is 0 Å². The van der Waals surface area contributed by atoms with Crippen LogP contribution in [0.15, 0.2) is 48.9 Å². The van der Waals surface area contributed by atoms with Crippen molar-refractivity contribution in [2.45, 2.75) is 50.8 Å². The van der Waals surface area contributed by atoms with Crippen molar-refractivity contribution in [1.29, 1.82) is 0 Å². The minimum absolute atomic E-state index is 0.0562. The highest BCUT2D eigenvalue weighted by atomic mass is 16.7. The van der Waals surface area contributed by atoms with Crippen LogP contribution >= 0.6 is 0 Å². The van der Waals surface area contributed by atoms with Gasteiger partial charge in [-0.3, -0.25) is 19.4 Å². The van der Waals surface area contributed by atoms with Crippen molar-refractivity contribution in [2.75, 3.05) is 14.2 Å². The summed E-state index contributed by atoms with van der Waals surface area (Å²) >= 11 is 0. The second-order valence-corrected chi connectivity index (χ2v) is 9.20. The van der Waals surface area contributed by atoms with Crippen LogP contribution in [0.1, 0.15) is 36.3 Å². The molecule has 1 fully saturated rings. The Bertz CT molecular complexity index is 1110. The summed E-state index contributed by atoms with van der Waals surface area (Å²) in [6, 6.07) is 7.12. The fraction of sp³-hybridized carbons (Fsp3) is 0.440.